The van der Waals surface area contributed by atoms with Crippen molar-refractivity contribution in [2.45, 2.75) is 83.7 Å². The second-order valence-corrected chi connectivity index (χ2v) is 10.5. The molecule has 3 N–H and O–H groups in total. The average Bonchev–Trinajstić information content (AvgIpc) is 3.60. The van der Waals surface area contributed by atoms with Crippen LogP contribution in [0.15, 0.2) is 42.0 Å². The van der Waals surface area contributed by atoms with E-state index in [1.165, 1.54) is 6.92 Å². The summed E-state index contributed by atoms with van der Waals surface area (Å²) >= 11 is 6.04. The summed E-state index contributed by atoms with van der Waals surface area (Å²) in [7, 11) is 0. The maximum Gasteiger partial charge on any atom is 0.331 e. The molecule has 0 saturated heterocycles. The van der Waals surface area contributed by atoms with Crippen molar-refractivity contribution in [3.05, 3.63) is 52.7 Å². The van der Waals surface area contributed by atoms with E-state index in [0.29, 0.717) is 28.9 Å². The monoisotopic (exact) mass is 542 g/mol. The summed E-state index contributed by atoms with van der Waals surface area (Å²) in [6.07, 6.45) is 4.45. The molecule has 0 spiro atoms. The van der Waals surface area contributed by atoms with Crippen LogP contribution in [0.4, 0.5) is 0 Å². The van der Waals surface area contributed by atoms with E-state index in [-0.39, 0.29) is 29.9 Å². The van der Waals surface area contributed by atoms with Crippen LogP contribution in [0.25, 0.3) is 11.3 Å². The van der Waals surface area contributed by atoms with Gasteiger partial charge in [-0.2, -0.15) is 5.10 Å². The lowest BCUT2D eigenvalue weighted by Gasteiger charge is -2.38. The van der Waals surface area contributed by atoms with Gasteiger partial charge in [0.25, 0.3) is 5.91 Å². The molecule has 2 amide bonds. The Labute approximate surface area is 227 Å². The molecular weight excluding hydrogens is 508 g/mol. The molecule has 3 atom stereocenters. The van der Waals surface area contributed by atoms with E-state index in [2.05, 4.69) is 10.6 Å². The Morgan fingerprint density at radius 3 is 2.42 bits per heavy atom. The highest BCUT2D eigenvalue weighted by Gasteiger charge is 2.39. The van der Waals surface area contributed by atoms with Gasteiger partial charge in [-0.1, -0.05) is 37.6 Å². The molecule has 2 aromatic rings. The molecule has 204 valence electrons. The molecule has 0 radical (unpaired) electrons. The number of carbonyl (C=O) groups is 3. The summed E-state index contributed by atoms with van der Waals surface area (Å²) < 4.78 is 7.94. The van der Waals surface area contributed by atoms with Crippen LogP contribution in [0.5, 0.6) is 0 Å². The normalized spacial score (nSPS) is 21.2. The van der Waals surface area contributed by atoms with E-state index in [0.717, 1.165) is 31.2 Å². The van der Waals surface area contributed by atoms with Crippen LogP contribution >= 0.6 is 11.6 Å². The Kier molecular flexibility index (Phi) is 8.89. The Morgan fingerprint density at radius 2 is 1.84 bits per heavy atom. The van der Waals surface area contributed by atoms with Crippen LogP contribution in [0.1, 0.15) is 63.4 Å². The third kappa shape index (κ3) is 6.82. The number of rotatable bonds is 11. The van der Waals surface area contributed by atoms with Crippen LogP contribution in [0, 0.1) is 5.92 Å². The molecule has 0 bridgehead atoms. The van der Waals surface area contributed by atoms with Gasteiger partial charge in [0.15, 0.2) is 0 Å². The van der Waals surface area contributed by atoms with Gasteiger partial charge < -0.3 is 20.5 Å². The smallest absolute Gasteiger partial charge is 0.331 e. The molecule has 38 heavy (non-hydrogen) atoms. The third-order valence-corrected chi connectivity index (χ3v) is 7.35. The van der Waals surface area contributed by atoms with Gasteiger partial charge in [-0.05, 0) is 55.9 Å². The molecule has 9 nitrogen and oxygen atoms in total. The van der Waals surface area contributed by atoms with Gasteiger partial charge in [0.05, 0.1) is 30.0 Å². The molecule has 1 fully saturated rings. The lowest BCUT2D eigenvalue weighted by Crippen LogP contribution is -2.59. The Morgan fingerprint density at radius 1 is 1.16 bits per heavy atom. The van der Waals surface area contributed by atoms with Crippen molar-refractivity contribution >= 4 is 29.4 Å². The Balaban J connectivity index is 1.64. The van der Waals surface area contributed by atoms with Gasteiger partial charge in [-0.15, -0.1) is 0 Å². The van der Waals surface area contributed by atoms with Gasteiger partial charge in [0.1, 0.15) is 5.69 Å². The number of nitrogens with one attached hydrogen (secondary N) is 2. The highest BCUT2D eigenvalue weighted by molar-refractivity contribution is 6.30. The predicted molar refractivity (Wildman–Crippen MR) is 144 cm³/mol. The van der Waals surface area contributed by atoms with Crippen LogP contribution < -0.4 is 10.6 Å². The quantitative estimate of drug-likeness (QED) is 0.391. The van der Waals surface area contributed by atoms with E-state index in [9.17, 15) is 19.5 Å². The third-order valence-electron chi connectivity index (χ3n) is 7.09. The first-order valence-electron chi connectivity index (χ1n) is 13.2. The van der Waals surface area contributed by atoms with Crippen molar-refractivity contribution in [3.8, 4) is 11.3 Å². The average molecular weight is 543 g/mol. The number of aromatic nitrogens is 2. The molecule has 1 saturated carbocycles. The van der Waals surface area contributed by atoms with Crippen LogP contribution in [0.3, 0.4) is 0 Å². The minimum absolute atomic E-state index is 0.0512. The van der Waals surface area contributed by atoms with Crippen LogP contribution in [-0.2, 0) is 20.9 Å². The first-order chi connectivity index (χ1) is 18.2. The maximum absolute atomic E-state index is 13.7. The number of nitrogens with zero attached hydrogens (tertiary/aromatic N) is 2. The number of aliphatic carboxylic acids is 1. The van der Waals surface area contributed by atoms with Gasteiger partial charge in [-0.3, -0.25) is 14.3 Å². The molecule has 1 aromatic carbocycles. The lowest BCUT2D eigenvalue weighted by molar-refractivity contribution is -0.133. The first kappa shape index (κ1) is 27.9. The Bertz CT molecular complexity index is 1200. The van der Waals surface area contributed by atoms with E-state index >= 15 is 0 Å². The minimum atomic E-state index is -1.08. The number of hydrogen-bond donors (Lipinski definition) is 3. The summed E-state index contributed by atoms with van der Waals surface area (Å²) in [4.78, 5) is 37.8. The Hall–Kier alpha value is -3.17. The number of hydrogen-bond acceptors (Lipinski definition) is 5. The fourth-order valence-electron chi connectivity index (χ4n) is 4.79. The van der Waals surface area contributed by atoms with Gasteiger partial charge >= 0.3 is 5.97 Å². The highest BCUT2D eigenvalue weighted by Crippen LogP contribution is 2.32. The highest BCUT2D eigenvalue weighted by atomic mass is 35.5. The second kappa shape index (κ2) is 12.1. The molecular formula is C28H35ClN4O5. The molecule has 1 heterocycles. The SMILES string of the molecule is CCC(CC)O[C@@H]1C=C(C(=O)O)C[C@H](NC(=O)c2cc(-c3ccc(Cl)cc3)nn2CC2CC2)[C@H]1NC(C)=O. The molecule has 1 aromatic heterocycles. The standard InChI is InChI=1S/C28H35ClN4O5/c1-4-21(5-2)38-25-13-19(28(36)37)12-23(26(25)30-16(3)34)31-27(35)24-14-22(18-8-10-20(29)11-9-18)32-33(24)15-17-6-7-17/h8-11,13-14,17,21,23,25-26H,4-7,12,15H2,1-3H3,(H,30,34)(H,31,35)(H,36,37)/t23-,25+,26+/m0/s1. The number of benzene rings is 1. The van der Waals surface area contributed by atoms with Gasteiger partial charge in [-0.25, -0.2) is 4.79 Å². The molecule has 4 rings (SSSR count). The molecule has 0 unspecified atom stereocenters. The van der Waals surface area contributed by atoms with Gasteiger partial charge in [0.2, 0.25) is 5.91 Å². The number of carboxylic acids is 1. The number of carbonyl (C=O) groups excluding carboxylic acids is 2. The van der Waals surface area contributed by atoms with E-state index in [1.807, 2.05) is 26.0 Å². The van der Waals surface area contributed by atoms with E-state index in [4.69, 9.17) is 21.4 Å². The van der Waals surface area contributed by atoms with Crippen molar-refractivity contribution < 1.29 is 24.2 Å². The summed E-state index contributed by atoms with van der Waals surface area (Å²) in [5.41, 5.74) is 2.01. The summed E-state index contributed by atoms with van der Waals surface area (Å²) in [5, 5.41) is 21.0. The summed E-state index contributed by atoms with van der Waals surface area (Å²) in [6, 6.07) is 7.67. The van der Waals surface area contributed by atoms with Crippen molar-refractivity contribution in [2.75, 3.05) is 0 Å². The van der Waals surface area contributed by atoms with Crippen LogP contribution in [0.2, 0.25) is 5.02 Å². The minimum Gasteiger partial charge on any atom is -0.478 e. The second-order valence-electron chi connectivity index (χ2n) is 10.1. The fraction of sp³-hybridized carbons (Fsp3) is 0.500. The molecule has 2 aliphatic carbocycles. The topological polar surface area (TPSA) is 123 Å². The zero-order valence-electron chi connectivity index (χ0n) is 21.9. The summed E-state index contributed by atoms with van der Waals surface area (Å²) in [5.74, 6) is -1.27. The number of halogens is 1. The summed E-state index contributed by atoms with van der Waals surface area (Å²) in [6.45, 7) is 6.00. The lowest BCUT2D eigenvalue weighted by atomic mass is 9.87. The van der Waals surface area contributed by atoms with Crippen molar-refractivity contribution in [1.82, 2.24) is 20.4 Å². The van der Waals surface area contributed by atoms with Crippen molar-refractivity contribution in [2.24, 2.45) is 5.92 Å². The predicted octanol–water partition coefficient (Wildman–Crippen LogP) is 4.21. The van der Waals surface area contributed by atoms with Gasteiger partial charge in [0, 0.05) is 36.0 Å². The number of carboxylic acid groups (broad SMARTS) is 1. The van der Waals surface area contributed by atoms with E-state index < -0.39 is 24.2 Å². The van der Waals surface area contributed by atoms with Crippen LogP contribution in [-0.4, -0.2) is 57.0 Å². The van der Waals surface area contributed by atoms with Crippen molar-refractivity contribution in [3.63, 3.8) is 0 Å². The fourth-order valence-corrected chi connectivity index (χ4v) is 4.92. The van der Waals surface area contributed by atoms with E-state index in [1.54, 1.807) is 29.0 Å². The zero-order chi connectivity index (χ0) is 27.4. The number of ether oxygens (including phenoxy) is 1. The first-order valence-corrected chi connectivity index (χ1v) is 13.6. The maximum atomic E-state index is 13.7. The molecule has 2 aliphatic rings. The number of amides is 2. The van der Waals surface area contributed by atoms with Crippen molar-refractivity contribution in [1.29, 1.82) is 0 Å². The molecule has 10 heteroatoms. The largest absolute Gasteiger partial charge is 0.478 e. The molecule has 0 aliphatic heterocycles. The zero-order valence-corrected chi connectivity index (χ0v) is 22.7.